The van der Waals surface area contributed by atoms with E-state index >= 15 is 0 Å². The first kappa shape index (κ1) is 17.2. The number of carbonyl (C=O) groups is 1. The quantitative estimate of drug-likeness (QED) is 0.645. The van der Waals surface area contributed by atoms with Crippen LogP contribution in [0.15, 0.2) is 18.2 Å². The van der Waals surface area contributed by atoms with E-state index in [1.807, 2.05) is 9.80 Å². The van der Waals surface area contributed by atoms with Crippen LogP contribution in [0.3, 0.4) is 0 Å². The molecular formula is C15H18F2N4O4. The van der Waals surface area contributed by atoms with Gasteiger partial charge >= 0.3 is 18.3 Å². The van der Waals surface area contributed by atoms with Crippen molar-refractivity contribution < 1.29 is 23.2 Å². The van der Waals surface area contributed by atoms with Gasteiger partial charge in [-0.05, 0) is 18.9 Å². The Morgan fingerprint density at radius 1 is 1.28 bits per heavy atom. The zero-order valence-electron chi connectivity index (χ0n) is 13.4. The first-order chi connectivity index (χ1) is 12.0. The fourth-order valence-corrected chi connectivity index (χ4v) is 3.31. The third kappa shape index (κ3) is 3.72. The number of nitro benzene ring substituents is 1. The molecule has 2 fully saturated rings. The Labute approximate surface area is 142 Å². The maximum Gasteiger partial charge on any atom is 0.387 e. The normalized spacial score (nSPS) is 18.6. The number of anilines is 1. The van der Waals surface area contributed by atoms with Gasteiger partial charge in [-0.25, -0.2) is 4.79 Å². The first-order valence-corrected chi connectivity index (χ1v) is 7.98. The molecule has 10 heteroatoms. The molecule has 25 heavy (non-hydrogen) atoms. The van der Waals surface area contributed by atoms with Gasteiger partial charge in [0.05, 0.1) is 4.92 Å². The van der Waals surface area contributed by atoms with E-state index in [0.717, 1.165) is 12.8 Å². The second-order valence-electron chi connectivity index (χ2n) is 5.93. The number of halogens is 2. The molecule has 136 valence electrons. The van der Waals surface area contributed by atoms with Crippen LogP contribution in [0.2, 0.25) is 0 Å². The van der Waals surface area contributed by atoms with Gasteiger partial charge in [0.2, 0.25) is 5.75 Å². The molecule has 0 bridgehead atoms. The monoisotopic (exact) mass is 356 g/mol. The standard InChI is InChI=1S/C15H18F2N4O4/c16-14(17)25-13-9-11(1-2-12(13)21(23)24)19-6-3-10(4-7-19)20-8-5-18-15(20)22/h1-2,9-10,14H,3-8H2,(H,18,22). The van der Waals surface area contributed by atoms with Crippen LogP contribution in [-0.2, 0) is 0 Å². The number of nitrogens with zero attached hydrogens (tertiary/aromatic N) is 3. The van der Waals surface area contributed by atoms with E-state index in [0.29, 0.717) is 31.9 Å². The zero-order chi connectivity index (χ0) is 18.0. The number of nitro groups is 1. The second-order valence-corrected chi connectivity index (χ2v) is 5.93. The fourth-order valence-electron chi connectivity index (χ4n) is 3.31. The summed E-state index contributed by atoms with van der Waals surface area (Å²) in [5.41, 5.74) is 0.0956. The van der Waals surface area contributed by atoms with E-state index in [2.05, 4.69) is 10.1 Å². The summed E-state index contributed by atoms with van der Waals surface area (Å²) in [5.74, 6) is -0.446. The number of ether oxygens (including phenoxy) is 1. The number of urea groups is 1. The van der Waals surface area contributed by atoms with Gasteiger partial charge in [0, 0.05) is 50.0 Å². The molecule has 2 heterocycles. The molecule has 0 unspecified atom stereocenters. The van der Waals surface area contributed by atoms with Gasteiger partial charge < -0.3 is 19.9 Å². The fraction of sp³-hybridized carbons (Fsp3) is 0.533. The lowest BCUT2D eigenvalue weighted by Crippen LogP contribution is -2.46. The Morgan fingerprint density at radius 3 is 2.56 bits per heavy atom. The molecule has 1 aromatic carbocycles. The van der Waals surface area contributed by atoms with E-state index in [9.17, 15) is 23.7 Å². The zero-order valence-corrected chi connectivity index (χ0v) is 13.4. The minimum absolute atomic E-state index is 0.0543. The molecule has 1 aromatic rings. The van der Waals surface area contributed by atoms with Crippen molar-refractivity contribution in [2.75, 3.05) is 31.1 Å². The Hall–Kier alpha value is -2.65. The molecule has 2 aliphatic rings. The SMILES string of the molecule is O=C1NCCN1C1CCN(c2ccc([N+](=O)[O-])c(OC(F)F)c2)CC1. The molecule has 2 aliphatic heterocycles. The van der Waals surface area contributed by atoms with Crippen LogP contribution in [0.1, 0.15) is 12.8 Å². The van der Waals surface area contributed by atoms with Crippen molar-refractivity contribution in [1.82, 2.24) is 10.2 Å². The molecule has 0 aromatic heterocycles. The van der Waals surface area contributed by atoms with Crippen molar-refractivity contribution >= 4 is 17.4 Å². The maximum absolute atomic E-state index is 12.5. The van der Waals surface area contributed by atoms with E-state index < -0.39 is 23.0 Å². The smallest absolute Gasteiger partial charge is 0.387 e. The molecule has 2 saturated heterocycles. The lowest BCUT2D eigenvalue weighted by molar-refractivity contribution is -0.386. The maximum atomic E-state index is 12.5. The summed E-state index contributed by atoms with van der Waals surface area (Å²) >= 11 is 0. The average molecular weight is 356 g/mol. The van der Waals surface area contributed by atoms with Crippen LogP contribution in [0.25, 0.3) is 0 Å². The Kier molecular flexibility index (Phi) is 4.86. The Balaban J connectivity index is 1.70. The highest BCUT2D eigenvalue weighted by atomic mass is 19.3. The molecule has 0 spiro atoms. The summed E-state index contributed by atoms with van der Waals surface area (Å²) in [7, 11) is 0. The average Bonchev–Trinajstić information content (AvgIpc) is 3.00. The number of nitrogens with one attached hydrogen (secondary N) is 1. The lowest BCUT2D eigenvalue weighted by atomic mass is 10.0. The summed E-state index contributed by atoms with van der Waals surface area (Å²) in [4.78, 5) is 25.7. The summed E-state index contributed by atoms with van der Waals surface area (Å²) in [5, 5.41) is 13.7. The van der Waals surface area contributed by atoms with Crippen LogP contribution in [0.4, 0.5) is 25.0 Å². The van der Waals surface area contributed by atoms with Gasteiger partial charge in [-0.2, -0.15) is 8.78 Å². The van der Waals surface area contributed by atoms with Crippen molar-refractivity contribution in [1.29, 1.82) is 0 Å². The highest BCUT2D eigenvalue weighted by molar-refractivity contribution is 5.76. The molecule has 1 N–H and O–H groups in total. The van der Waals surface area contributed by atoms with Gasteiger partial charge in [-0.1, -0.05) is 0 Å². The van der Waals surface area contributed by atoms with Crippen molar-refractivity contribution in [2.24, 2.45) is 0 Å². The van der Waals surface area contributed by atoms with Crippen LogP contribution in [-0.4, -0.2) is 54.7 Å². The van der Waals surface area contributed by atoms with Crippen LogP contribution in [0, 0.1) is 10.1 Å². The van der Waals surface area contributed by atoms with Crippen molar-refractivity contribution in [3.63, 3.8) is 0 Å². The third-order valence-corrected chi connectivity index (χ3v) is 4.52. The Morgan fingerprint density at radius 2 is 2.00 bits per heavy atom. The highest BCUT2D eigenvalue weighted by Crippen LogP contribution is 2.34. The van der Waals surface area contributed by atoms with Crippen molar-refractivity contribution in [3.05, 3.63) is 28.3 Å². The number of carbonyl (C=O) groups excluding carboxylic acids is 1. The van der Waals surface area contributed by atoms with Crippen LogP contribution >= 0.6 is 0 Å². The number of benzene rings is 1. The molecule has 8 nitrogen and oxygen atoms in total. The van der Waals surface area contributed by atoms with E-state index in [-0.39, 0.29) is 12.1 Å². The number of alkyl halides is 2. The molecular weight excluding hydrogens is 338 g/mol. The van der Waals surface area contributed by atoms with Crippen LogP contribution < -0.4 is 15.0 Å². The van der Waals surface area contributed by atoms with E-state index in [1.54, 1.807) is 0 Å². The molecule has 3 rings (SSSR count). The van der Waals surface area contributed by atoms with Gasteiger partial charge in [-0.3, -0.25) is 10.1 Å². The molecule has 2 amide bonds. The van der Waals surface area contributed by atoms with Crippen molar-refractivity contribution in [2.45, 2.75) is 25.5 Å². The Bertz CT molecular complexity index is 665. The van der Waals surface area contributed by atoms with Crippen molar-refractivity contribution in [3.8, 4) is 5.75 Å². The van der Waals surface area contributed by atoms with E-state index in [1.165, 1.54) is 18.2 Å². The van der Waals surface area contributed by atoms with Gasteiger partial charge in [0.1, 0.15) is 0 Å². The molecule has 0 radical (unpaired) electrons. The number of rotatable bonds is 5. The highest BCUT2D eigenvalue weighted by Gasteiger charge is 2.31. The van der Waals surface area contributed by atoms with Gasteiger partial charge in [0.15, 0.2) is 0 Å². The van der Waals surface area contributed by atoms with Crippen LogP contribution in [0.5, 0.6) is 5.75 Å². The van der Waals surface area contributed by atoms with E-state index in [4.69, 9.17) is 0 Å². The summed E-state index contributed by atoms with van der Waals surface area (Å²) in [6.07, 6.45) is 1.49. The predicted molar refractivity (Wildman–Crippen MR) is 85.1 cm³/mol. The number of hydrogen-bond acceptors (Lipinski definition) is 5. The minimum atomic E-state index is -3.13. The topological polar surface area (TPSA) is 88.0 Å². The lowest BCUT2D eigenvalue weighted by Gasteiger charge is -2.37. The van der Waals surface area contributed by atoms with Gasteiger partial charge in [0.25, 0.3) is 0 Å². The largest absolute Gasteiger partial charge is 0.427 e. The summed E-state index contributed by atoms with van der Waals surface area (Å²) < 4.78 is 29.3. The molecule has 0 aliphatic carbocycles. The predicted octanol–water partition coefficient (Wildman–Crippen LogP) is 2.19. The first-order valence-electron chi connectivity index (χ1n) is 7.98. The number of hydrogen-bond donors (Lipinski definition) is 1. The van der Waals surface area contributed by atoms with Gasteiger partial charge in [-0.15, -0.1) is 0 Å². The summed E-state index contributed by atoms with van der Waals surface area (Å²) in [6, 6.07) is 4.06. The molecule has 0 saturated carbocycles. The summed E-state index contributed by atoms with van der Waals surface area (Å²) in [6.45, 7) is -0.544. The molecule has 0 atom stereocenters. The second kappa shape index (κ2) is 7.08. The minimum Gasteiger partial charge on any atom is -0.427 e. The number of amides is 2. The third-order valence-electron chi connectivity index (χ3n) is 4.52. The number of piperidine rings is 1.